The molecule has 0 unspecified atom stereocenters. The summed E-state index contributed by atoms with van der Waals surface area (Å²) in [5, 5.41) is 10.7. The molecule has 5 rings (SSSR count). The Labute approximate surface area is 205 Å². The van der Waals surface area contributed by atoms with Crippen molar-refractivity contribution >= 4 is 22.9 Å². The molecule has 4 aromatic rings. The van der Waals surface area contributed by atoms with Crippen molar-refractivity contribution in [1.82, 2.24) is 19.9 Å². The van der Waals surface area contributed by atoms with Crippen molar-refractivity contribution in [2.45, 2.75) is 19.3 Å². The van der Waals surface area contributed by atoms with Gasteiger partial charge < -0.3 is 15.5 Å². The van der Waals surface area contributed by atoms with E-state index in [9.17, 15) is 4.79 Å². The predicted molar refractivity (Wildman–Crippen MR) is 139 cm³/mol. The molecule has 0 saturated carbocycles. The summed E-state index contributed by atoms with van der Waals surface area (Å²) in [5.41, 5.74) is 4.81. The first-order valence-electron chi connectivity index (χ1n) is 12.0. The van der Waals surface area contributed by atoms with E-state index in [4.69, 9.17) is 0 Å². The van der Waals surface area contributed by atoms with Gasteiger partial charge in [-0.05, 0) is 42.7 Å². The third-order valence-corrected chi connectivity index (χ3v) is 6.02. The lowest BCUT2D eigenvalue weighted by Gasteiger charge is -2.29. The maximum absolute atomic E-state index is 12.9. The van der Waals surface area contributed by atoms with Crippen molar-refractivity contribution < 1.29 is 4.79 Å². The monoisotopic (exact) mass is 464 g/mol. The summed E-state index contributed by atoms with van der Waals surface area (Å²) in [6.07, 6.45) is 6.23. The molecule has 0 radical (unpaired) electrons. The van der Waals surface area contributed by atoms with Crippen molar-refractivity contribution in [2.75, 3.05) is 36.4 Å². The standard InChI is InChI=1S/C28H28N6O/c35-28(31-24-12-7-13-25(20-24)33-18-15-29-16-19-33)26-14-17-34-27(32-26)23(21-30-34)11-6-2-5-10-22-8-3-1-4-9-22/h1,3-4,7-9,12-14,17,20-21,29H,2,5,10,15-16,18-19H2,(H,31,35). The van der Waals surface area contributed by atoms with Crippen molar-refractivity contribution in [3.05, 3.63) is 89.9 Å². The molecular weight excluding hydrogens is 436 g/mol. The average molecular weight is 465 g/mol. The number of fused-ring (bicyclic) bond motifs is 1. The first-order valence-corrected chi connectivity index (χ1v) is 12.0. The fourth-order valence-electron chi connectivity index (χ4n) is 4.17. The third-order valence-electron chi connectivity index (χ3n) is 6.02. The second kappa shape index (κ2) is 10.9. The molecule has 1 aliphatic heterocycles. The Morgan fingerprint density at radius 1 is 1.06 bits per heavy atom. The van der Waals surface area contributed by atoms with Gasteiger partial charge in [-0.2, -0.15) is 5.10 Å². The molecule has 0 spiro atoms. The highest BCUT2D eigenvalue weighted by molar-refractivity contribution is 6.03. The molecule has 1 aliphatic rings. The minimum absolute atomic E-state index is 0.257. The molecule has 3 heterocycles. The van der Waals surface area contributed by atoms with Crippen LogP contribution in [0.2, 0.25) is 0 Å². The van der Waals surface area contributed by atoms with Gasteiger partial charge in [0.05, 0.1) is 11.8 Å². The average Bonchev–Trinajstić information content (AvgIpc) is 3.32. The van der Waals surface area contributed by atoms with Gasteiger partial charge in [0.1, 0.15) is 5.69 Å². The van der Waals surface area contributed by atoms with Crippen molar-refractivity contribution in [3.63, 3.8) is 0 Å². The number of carbonyl (C=O) groups excluding carboxylic acids is 1. The Bertz CT molecular complexity index is 1360. The molecule has 1 fully saturated rings. The van der Waals surface area contributed by atoms with Gasteiger partial charge in [-0.25, -0.2) is 9.50 Å². The minimum atomic E-state index is -0.257. The second-order valence-electron chi connectivity index (χ2n) is 8.52. The first kappa shape index (κ1) is 22.6. The molecule has 0 atom stereocenters. The van der Waals surface area contributed by atoms with Gasteiger partial charge in [0.2, 0.25) is 0 Å². The molecule has 7 heteroatoms. The Morgan fingerprint density at radius 3 is 2.77 bits per heavy atom. The molecule has 2 N–H and O–H groups in total. The first-order chi connectivity index (χ1) is 17.3. The van der Waals surface area contributed by atoms with Crippen molar-refractivity contribution in [2.24, 2.45) is 0 Å². The van der Waals surface area contributed by atoms with Crippen LogP contribution >= 0.6 is 0 Å². The van der Waals surface area contributed by atoms with E-state index < -0.39 is 0 Å². The number of rotatable bonds is 6. The molecule has 0 aliphatic carbocycles. The van der Waals surface area contributed by atoms with E-state index in [-0.39, 0.29) is 5.91 Å². The fourth-order valence-corrected chi connectivity index (χ4v) is 4.17. The minimum Gasteiger partial charge on any atom is -0.369 e. The van der Waals surface area contributed by atoms with Crippen molar-refractivity contribution in [1.29, 1.82) is 0 Å². The summed E-state index contributed by atoms with van der Waals surface area (Å²) < 4.78 is 1.65. The summed E-state index contributed by atoms with van der Waals surface area (Å²) in [6, 6.07) is 20.0. The Kier molecular flexibility index (Phi) is 7.02. The summed E-state index contributed by atoms with van der Waals surface area (Å²) in [7, 11) is 0. The number of aromatic nitrogens is 3. The number of hydrogen-bond donors (Lipinski definition) is 2. The Hall–Kier alpha value is -4.15. The van der Waals surface area contributed by atoms with Gasteiger partial charge in [-0.15, -0.1) is 0 Å². The molecule has 176 valence electrons. The number of nitrogens with zero attached hydrogens (tertiary/aromatic N) is 4. The van der Waals surface area contributed by atoms with E-state index in [1.165, 1.54) is 5.56 Å². The van der Waals surface area contributed by atoms with Gasteiger partial charge in [-0.1, -0.05) is 48.2 Å². The van der Waals surface area contributed by atoms with E-state index in [0.29, 0.717) is 11.3 Å². The smallest absolute Gasteiger partial charge is 0.274 e. The number of unbranched alkanes of at least 4 members (excludes halogenated alkanes) is 1. The fraction of sp³-hybridized carbons (Fsp3) is 0.250. The van der Waals surface area contributed by atoms with Crippen LogP contribution in [0.4, 0.5) is 11.4 Å². The second-order valence-corrected chi connectivity index (χ2v) is 8.52. The van der Waals surface area contributed by atoms with Crippen LogP contribution in [0, 0.1) is 11.8 Å². The number of anilines is 2. The molecule has 2 aromatic heterocycles. The highest BCUT2D eigenvalue weighted by atomic mass is 16.1. The predicted octanol–water partition coefficient (Wildman–Crippen LogP) is 3.77. The lowest BCUT2D eigenvalue weighted by Crippen LogP contribution is -2.43. The summed E-state index contributed by atoms with van der Waals surface area (Å²) in [6.45, 7) is 3.83. The van der Waals surface area contributed by atoms with E-state index in [2.05, 4.69) is 67.8 Å². The van der Waals surface area contributed by atoms with E-state index in [0.717, 1.165) is 62.4 Å². The van der Waals surface area contributed by atoms with Gasteiger partial charge in [0.25, 0.3) is 5.91 Å². The molecule has 1 saturated heterocycles. The summed E-state index contributed by atoms with van der Waals surface area (Å²) >= 11 is 0. The summed E-state index contributed by atoms with van der Waals surface area (Å²) in [5.74, 6) is 6.14. The van der Waals surface area contributed by atoms with Crippen LogP contribution in [0.3, 0.4) is 0 Å². The van der Waals surface area contributed by atoms with Gasteiger partial charge >= 0.3 is 0 Å². The largest absolute Gasteiger partial charge is 0.369 e. The number of nitrogens with one attached hydrogen (secondary N) is 2. The molecular formula is C28H28N6O. The summed E-state index contributed by atoms with van der Waals surface area (Å²) in [4.78, 5) is 19.8. The number of piperazine rings is 1. The molecule has 7 nitrogen and oxygen atoms in total. The quantitative estimate of drug-likeness (QED) is 0.336. The third kappa shape index (κ3) is 5.68. The molecule has 35 heavy (non-hydrogen) atoms. The zero-order chi connectivity index (χ0) is 23.9. The zero-order valence-electron chi connectivity index (χ0n) is 19.6. The highest BCUT2D eigenvalue weighted by Gasteiger charge is 2.14. The maximum atomic E-state index is 12.9. The zero-order valence-corrected chi connectivity index (χ0v) is 19.6. The normalized spacial score (nSPS) is 13.3. The lowest BCUT2D eigenvalue weighted by atomic mass is 10.1. The van der Waals surface area contributed by atoms with E-state index in [1.807, 2.05) is 24.3 Å². The van der Waals surface area contributed by atoms with Gasteiger partial charge in [0.15, 0.2) is 5.65 Å². The van der Waals surface area contributed by atoms with Gasteiger partial charge in [-0.3, -0.25) is 4.79 Å². The highest BCUT2D eigenvalue weighted by Crippen LogP contribution is 2.20. The maximum Gasteiger partial charge on any atom is 0.274 e. The number of hydrogen-bond acceptors (Lipinski definition) is 5. The number of carbonyl (C=O) groups is 1. The van der Waals surface area contributed by atoms with Crippen LogP contribution in [0.5, 0.6) is 0 Å². The number of amides is 1. The topological polar surface area (TPSA) is 74.6 Å². The van der Waals surface area contributed by atoms with Crippen LogP contribution < -0.4 is 15.5 Å². The van der Waals surface area contributed by atoms with Crippen LogP contribution in [-0.4, -0.2) is 46.7 Å². The van der Waals surface area contributed by atoms with Crippen LogP contribution in [0.25, 0.3) is 5.65 Å². The number of benzene rings is 2. The van der Waals surface area contributed by atoms with Crippen LogP contribution in [0.15, 0.2) is 73.1 Å². The molecule has 0 bridgehead atoms. The Morgan fingerprint density at radius 2 is 1.91 bits per heavy atom. The van der Waals surface area contributed by atoms with Crippen LogP contribution in [0.1, 0.15) is 34.5 Å². The number of aryl methyl sites for hydroxylation is 1. The van der Waals surface area contributed by atoms with E-state index >= 15 is 0 Å². The Balaban J connectivity index is 1.25. The molecule has 2 aromatic carbocycles. The van der Waals surface area contributed by atoms with Crippen molar-refractivity contribution in [3.8, 4) is 11.8 Å². The van der Waals surface area contributed by atoms with Crippen LogP contribution in [-0.2, 0) is 6.42 Å². The lowest BCUT2D eigenvalue weighted by molar-refractivity contribution is 0.102. The van der Waals surface area contributed by atoms with Gasteiger partial charge in [0, 0.05) is 50.2 Å². The SMILES string of the molecule is O=C(Nc1cccc(N2CCNCC2)c1)c1ccn2ncc(C#CCCCc3ccccc3)c2n1. The molecule has 1 amide bonds. The van der Waals surface area contributed by atoms with E-state index in [1.54, 1.807) is 23.0 Å².